The molecule has 0 heterocycles. The van der Waals surface area contributed by atoms with Gasteiger partial charge in [-0.15, -0.1) is 0 Å². The molecule has 0 atom stereocenters. The number of hydrogen-bond donors (Lipinski definition) is 0. The Balaban J connectivity index is 2.81. The predicted molar refractivity (Wildman–Crippen MR) is 55.6 cm³/mol. The SMILES string of the molecule is CC(=O)O/N=C(\C)C(=O)c1ccc(F)cc1. The van der Waals surface area contributed by atoms with Crippen molar-refractivity contribution in [3.05, 3.63) is 35.6 Å². The van der Waals surface area contributed by atoms with Crippen LogP contribution in [-0.4, -0.2) is 17.5 Å². The predicted octanol–water partition coefficient (Wildman–Crippen LogP) is 1.95. The lowest BCUT2D eigenvalue weighted by molar-refractivity contribution is -0.140. The highest BCUT2D eigenvalue weighted by atomic mass is 19.1. The Labute approximate surface area is 91.7 Å². The molecule has 0 aliphatic carbocycles. The summed E-state index contributed by atoms with van der Waals surface area (Å²) < 4.78 is 12.6. The number of nitrogens with zero attached hydrogens (tertiary/aromatic N) is 1. The molecule has 0 saturated heterocycles. The summed E-state index contributed by atoms with van der Waals surface area (Å²) in [5.41, 5.74) is 0.316. The van der Waals surface area contributed by atoms with Gasteiger partial charge in [0, 0.05) is 12.5 Å². The van der Waals surface area contributed by atoms with E-state index in [4.69, 9.17) is 0 Å². The van der Waals surface area contributed by atoms with Crippen molar-refractivity contribution in [1.29, 1.82) is 0 Å². The van der Waals surface area contributed by atoms with Crippen LogP contribution in [0.5, 0.6) is 0 Å². The van der Waals surface area contributed by atoms with Crippen LogP contribution in [0.25, 0.3) is 0 Å². The number of hydrogen-bond acceptors (Lipinski definition) is 4. The van der Waals surface area contributed by atoms with Crippen molar-refractivity contribution in [2.45, 2.75) is 13.8 Å². The summed E-state index contributed by atoms with van der Waals surface area (Å²) in [6.07, 6.45) is 0. The van der Waals surface area contributed by atoms with Gasteiger partial charge in [-0.25, -0.2) is 9.18 Å². The normalized spacial score (nSPS) is 11.1. The molecule has 5 heteroatoms. The van der Waals surface area contributed by atoms with Gasteiger partial charge in [-0.1, -0.05) is 5.16 Å². The van der Waals surface area contributed by atoms with Crippen LogP contribution in [0, 0.1) is 5.82 Å². The van der Waals surface area contributed by atoms with Crippen molar-refractivity contribution in [1.82, 2.24) is 0 Å². The molecule has 84 valence electrons. The molecule has 0 aliphatic rings. The molecule has 16 heavy (non-hydrogen) atoms. The molecular weight excluding hydrogens is 213 g/mol. The fourth-order valence-electron chi connectivity index (χ4n) is 0.984. The third-order valence-electron chi connectivity index (χ3n) is 1.75. The lowest BCUT2D eigenvalue weighted by atomic mass is 10.1. The van der Waals surface area contributed by atoms with E-state index in [1.54, 1.807) is 0 Å². The van der Waals surface area contributed by atoms with E-state index >= 15 is 0 Å². The number of rotatable bonds is 3. The minimum absolute atomic E-state index is 0.0295. The van der Waals surface area contributed by atoms with Gasteiger partial charge in [0.1, 0.15) is 11.5 Å². The first kappa shape index (κ1) is 12.0. The summed E-state index contributed by atoms with van der Waals surface area (Å²) in [6, 6.07) is 5.02. The quantitative estimate of drug-likeness (QED) is 0.340. The zero-order valence-corrected chi connectivity index (χ0v) is 8.86. The number of Topliss-reactive ketones (excluding diaryl/α,β-unsaturated/α-hetero) is 1. The second kappa shape index (κ2) is 5.16. The molecule has 0 aromatic heterocycles. The van der Waals surface area contributed by atoms with Crippen LogP contribution in [0.2, 0.25) is 0 Å². The third kappa shape index (κ3) is 3.27. The number of carbonyl (C=O) groups excluding carboxylic acids is 2. The second-order valence-corrected chi connectivity index (χ2v) is 3.10. The summed E-state index contributed by atoms with van der Waals surface area (Å²) in [4.78, 5) is 26.4. The molecule has 0 saturated carbocycles. The molecule has 0 bridgehead atoms. The van der Waals surface area contributed by atoms with Crippen LogP contribution in [0.3, 0.4) is 0 Å². The van der Waals surface area contributed by atoms with E-state index in [1.807, 2.05) is 0 Å². The van der Waals surface area contributed by atoms with Gasteiger partial charge < -0.3 is 4.84 Å². The molecular formula is C11H10FNO3. The lowest BCUT2D eigenvalue weighted by Crippen LogP contribution is -2.11. The highest BCUT2D eigenvalue weighted by Crippen LogP contribution is 2.05. The van der Waals surface area contributed by atoms with Gasteiger partial charge in [-0.3, -0.25) is 4.79 Å². The highest BCUT2D eigenvalue weighted by molar-refractivity contribution is 6.45. The van der Waals surface area contributed by atoms with Gasteiger partial charge in [-0.05, 0) is 31.2 Å². The summed E-state index contributed by atoms with van der Waals surface area (Å²) in [5.74, 6) is -1.45. The summed E-state index contributed by atoms with van der Waals surface area (Å²) in [6.45, 7) is 2.59. The maximum absolute atomic E-state index is 12.6. The minimum atomic E-state index is -0.605. The van der Waals surface area contributed by atoms with Gasteiger partial charge in [0.2, 0.25) is 5.78 Å². The molecule has 0 aliphatic heterocycles. The van der Waals surface area contributed by atoms with Crippen LogP contribution in [0.1, 0.15) is 24.2 Å². The summed E-state index contributed by atoms with van der Waals surface area (Å²) in [7, 11) is 0. The van der Waals surface area contributed by atoms with E-state index < -0.39 is 17.6 Å². The molecule has 1 aromatic carbocycles. The number of halogens is 1. The number of ketones is 1. The topological polar surface area (TPSA) is 55.7 Å². The number of carbonyl (C=O) groups is 2. The summed E-state index contributed by atoms with van der Waals surface area (Å²) >= 11 is 0. The smallest absolute Gasteiger partial charge is 0.318 e. The first-order chi connectivity index (χ1) is 7.50. The number of oxime groups is 1. The highest BCUT2D eigenvalue weighted by Gasteiger charge is 2.10. The largest absolute Gasteiger partial charge is 0.331 e. The average molecular weight is 223 g/mol. The molecule has 0 spiro atoms. The molecule has 0 amide bonds. The van der Waals surface area contributed by atoms with Gasteiger partial charge in [0.15, 0.2) is 0 Å². The fourth-order valence-corrected chi connectivity index (χ4v) is 0.984. The standard InChI is InChI=1S/C11H10FNO3/c1-7(13-16-8(2)14)11(15)9-3-5-10(12)6-4-9/h3-6H,1-2H3/b13-7+. The van der Waals surface area contributed by atoms with Crippen molar-refractivity contribution >= 4 is 17.5 Å². The summed E-state index contributed by atoms with van der Waals surface area (Å²) in [5, 5.41) is 3.35. The Kier molecular flexibility index (Phi) is 3.88. The first-order valence-corrected chi connectivity index (χ1v) is 4.53. The monoisotopic (exact) mass is 223 g/mol. The molecule has 4 nitrogen and oxygen atoms in total. The van der Waals surface area contributed by atoms with Crippen LogP contribution in [0.4, 0.5) is 4.39 Å². The Morgan fingerprint density at radius 3 is 2.25 bits per heavy atom. The van der Waals surface area contributed by atoms with Gasteiger partial charge in [-0.2, -0.15) is 0 Å². The molecule has 0 fully saturated rings. The molecule has 0 unspecified atom stereocenters. The lowest BCUT2D eigenvalue weighted by Gasteiger charge is -1.99. The third-order valence-corrected chi connectivity index (χ3v) is 1.75. The number of benzene rings is 1. The molecule has 1 aromatic rings. The van der Waals surface area contributed by atoms with Crippen molar-refractivity contribution < 1.29 is 18.8 Å². The van der Waals surface area contributed by atoms with E-state index in [-0.39, 0.29) is 11.3 Å². The van der Waals surface area contributed by atoms with Crippen LogP contribution < -0.4 is 0 Å². The Morgan fingerprint density at radius 2 is 1.75 bits per heavy atom. The molecule has 1 rings (SSSR count). The Hall–Kier alpha value is -2.04. The fraction of sp³-hybridized carbons (Fsp3) is 0.182. The van der Waals surface area contributed by atoms with Gasteiger partial charge >= 0.3 is 5.97 Å². The van der Waals surface area contributed by atoms with Crippen molar-refractivity contribution in [2.24, 2.45) is 5.16 Å². The zero-order chi connectivity index (χ0) is 12.1. The van der Waals surface area contributed by atoms with E-state index in [0.717, 1.165) is 0 Å². The van der Waals surface area contributed by atoms with Gasteiger partial charge in [0.25, 0.3) is 0 Å². The van der Waals surface area contributed by atoms with Crippen molar-refractivity contribution in [3.8, 4) is 0 Å². The maximum atomic E-state index is 12.6. The van der Waals surface area contributed by atoms with E-state index in [2.05, 4.69) is 9.99 Å². The zero-order valence-electron chi connectivity index (χ0n) is 8.86. The van der Waals surface area contributed by atoms with E-state index in [9.17, 15) is 14.0 Å². The second-order valence-electron chi connectivity index (χ2n) is 3.10. The van der Waals surface area contributed by atoms with Crippen molar-refractivity contribution in [2.75, 3.05) is 0 Å². The Bertz CT molecular complexity index is 437. The van der Waals surface area contributed by atoms with Crippen LogP contribution in [0.15, 0.2) is 29.4 Å². The van der Waals surface area contributed by atoms with E-state index in [0.29, 0.717) is 0 Å². The van der Waals surface area contributed by atoms with Crippen LogP contribution in [-0.2, 0) is 9.63 Å². The Morgan fingerprint density at radius 1 is 1.19 bits per heavy atom. The van der Waals surface area contributed by atoms with Crippen molar-refractivity contribution in [3.63, 3.8) is 0 Å². The average Bonchev–Trinajstić information content (AvgIpc) is 2.26. The van der Waals surface area contributed by atoms with Crippen LogP contribution >= 0.6 is 0 Å². The van der Waals surface area contributed by atoms with E-state index in [1.165, 1.54) is 38.1 Å². The maximum Gasteiger partial charge on any atom is 0.331 e. The minimum Gasteiger partial charge on any atom is -0.318 e. The first-order valence-electron chi connectivity index (χ1n) is 4.53. The van der Waals surface area contributed by atoms with Gasteiger partial charge in [0.05, 0.1) is 0 Å². The molecule has 0 radical (unpaired) electrons. The molecule has 0 N–H and O–H groups in total.